The Morgan fingerprint density at radius 2 is 1.94 bits per heavy atom. The molecule has 1 atom stereocenters. The summed E-state index contributed by atoms with van der Waals surface area (Å²) >= 11 is 3.97. The Balaban J connectivity index is 3.72. The van der Waals surface area contributed by atoms with Crippen molar-refractivity contribution in [3.05, 3.63) is 0 Å². The van der Waals surface area contributed by atoms with Gasteiger partial charge >= 0.3 is 5.97 Å². The van der Waals surface area contributed by atoms with E-state index in [2.05, 4.69) is 17.9 Å². The van der Waals surface area contributed by atoms with Crippen LogP contribution < -0.4 is 5.32 Å². The van der Waals surface area contributed by atoms with Crippen LogP contribution >= 0.6 is 12.6 Å². The zero-order valence-corrected chi connectivity index (χ0v) is 11.5. The van der Waals surface area contributed by atoms with Crippen molar-refractivity contribution in [2.45, 2.75) is 26.8 Å². The lowest BCUT2D eigenvalue weighted by molar-refractivity contribution is -0.148. The molecular formula is C11H21NO4S. The number of esters is 1. The molecule has 0 unspecified atom stereocenters. The van der Waals surface area contributed by atoms with Gasteiger partial charge in [-0.2, -0.15) is 12.6 Å². The molecule has 0 aromatic heterocycles. The highest BCUT2D eigenvalue weighted by Crippen LogP contribution is 1.95. The standard InChI is InChI=1S/C11H21NO4S/c1-8(2)6-15-4-5-16-11(14)10(7-17)12-9(3)13/h8,10,17H,4-7H2,1-3H3,(H,12,13)/t10-/m0/s1. The van der Waals surface area contributed by atoms with Gasteiger partial charge in [0.05, 0.1) is 6.61 Å². The molecule has 0 aliphatic rings. The molecular weight excluding hydrogens is 242 g/mol. The topological polar surface area (TPSA) is 64.6 Å². The van der Waals surface area contributed by atoms with Gasteiger partial charge in [-0.3, -0.25) is 4.79 Å². The molecule has 0 saturated carbocycles. The van der Waals surface area contributed by atoms with Crippen molar-refractivity contribution < 1.29 is 19.1 Å². The van der Waals surface area contributed by atoms with Crippen LogP contribution in [-0.4, -0.2) is 43.5 Å². The van der Waals surface area contributed by atoms with Crippen molar-refractivity contribution in [3.63, 3.8) is 0 Å². The van der Waals surface area contributed by atoms with E-state index in [1.807, 2.05) is 13.8 Å². The Hall–Kier alpha value is -0.750. The number of hydrogen-bond acceptors (Lipinski definition) is 5. The van der Waals surface area contributed by atoms with Gasteiger partial charge in [-0.05, 0) is 5.92 Å². The molecule has 0 spiro atoms. The van der Waals surface area contributed by atoms with Crippen LogP contribution in [0.15, 0.2) is 0 Å². The van der Waals surface area contributed by atoms with Gasteiger partial charge in [0.2, 0.25) is 5.91 Å². The summed E-state index contributed by atoms with van der Waals surface area (Å²) in [6.45, 7) is 6.62. The maximum absolute atomic E-state index is 11.5. The van der Waals surface area contributed by atoms with Gasteiger partial charge in [0.1, 0.15) is 12.6 Å². The van der Waals surface area contributed by atoms with Gasteiger partial charge in [0.15, 0.2) is 0 Å². The number of carbonyl (C=O) groups is 2. The molecule has 0 aromatic rings. The Labute approximate surface area is 108 Å². The first-order chi connectivity index (χ1) is 7.97. The van der Waals surface area contributed by atoms with Crippen LogP contribution in [0.2, 0.25) is 0 Å². The minimum absolute atomic E-state index is 0.190. The maximum Gasteiger partial charge on any atom is 0.329 e. The predicted molar refractivity (Wildman–Crippen MR) is 68.1 cm³/mol. The van der Waals surface area contributed by atoms with E-state index in [0.29, 0.717) is 19.1 Å². The molecule has 6 heteroatoms. The molecule has 0 rings (SSSR count). The van der Waals surface area contributed by atoms with Crippen molar-refractivity contribution in [1.82, 2.24) is 5.32 Å². The molecule has 17 heavy (non-hydrogen) atoms. The summed E-state index contributed by atoms with van der Waals surface area (Å²) in [6, 6.07) is -0.694. The second kappa shape index (κ2) is 9.30. The zero-order valence-electron chi connectivity index (χ0n) is 10.6. The van der Waals surface area contributed by atoms with Crippen LogP contribution in [0, 0.1) is 5.92 Å². The fourth-order valence-electron chi connectivity index (χ4n) is 1.05. The van der Waals surface area contributed by atoms with E-state index in [0.717, 1.165) is 0 Å². The van der Waals surface area contributed by atoms with Crippen molar-refractivity contribution in [2.24, 2.45) is 5.92 Å². The molecule has 0 saturated heterocycles. The summed E-state index contributed by atoms with van der Waals surface area (Å²) in [4.78, 5) is 22.3. The van der Waals surface area contributed by atoms with Crippen LogP contribution in [0.1, 0.15) is 20.8 Å². The molecule has 0 radical (unpaired) electrons. The highest BCUT2D eigenvalue weighted by atomic mass is 32.1. The van der Waals surface area contributed by atoms with Gasteiger partial charge < -0.3 is 14.8 Å². The number of amides is 1. The Morgan fingerprint density at radius 3 is 2.41 bits per heavy atom. The summed E-state index contributed by atoms with van der Waals surface area (Å²) in [5.41, 5.74) is 0. The van der Waals surface area contributed by atoms with Gasteiger partial charge in [-0.1, -0.05) is 13.8 Å². The second-order valence-corrected chi connectivity index (χ2v) is 4.44. The fraction of sp³-hybridized carbons (Fsp3) is 0.818. The van der Waals surface area contributed by atoms with Crippen LogP contribution in [0.3, 0.4) is 0 Å². The summed E-state index contributed by atoms with van der Waals surface area (Å²) in [6.07, 6.45) is 0. The molecule has 0 aromatic carbocycles. The number of ether oxygens (including phenoxy) is 2. The van der Waals surface area contributed by atoms with E-state index in [1.165, 1.54) is 6.92 Å². The summed E-state index contributed by atoms with van der Waals surface area (Å²) < 4.78 is 10.2. The highest BCUT2D eigenvalue weighted by Gasteiger charge is 2.18. The highest BCUT2D eigenvalue weighted by molar-refractivity contribution is 7.80. The Bertz CT molecular complexity index is 246. The fourth-order valence-corrected chi connectivity index (χ4v) is 1.29. The average Bonchev–Trinajstić information content (AvgIpc) is 2.24. The number of rotatable bonds is 8. The third kappa shape index (κ3) is 9.00. The Kier molecular flexibility index (Phi) is 8.89. The Morgan fingerprint density at radius 1 is 1.29 bits per heavy atom. The van der Waals surface area contributed by atoms with Gasteiger partial charge in [-0.25, -0.2) is 4.79 Å². The van der Waals surface area contributed by atoms with E-state index in [1.54, 1.807) is 0 Å². The van der Waals surface area contributed by atoms with Crippen molar-refractivity contribution in [3.8, 4) is 0 Å². The molecule has 5 nitrogen and oxygen atoms in total. The van der Waals surface area contributed by atoms with Crippen LogP contribution in [0.4, 0.5) is 0 Å². The summed E-state index contributed by atoms with van der Waals surface area (Å²) in [7, 11) is 0. The van der Waals surface area contributed by atoms with E-state index in [9.17, 15) is 9.59 Å². The minimum Gasteiger partial charge on any atom is -0.462 e. The largest absolute Gasteiger partial charge is 0.462 e. The molecule has 0 fully saturated rings. The van der Waals surface area contributed by atoms with Crippen LogP contribution in [-0.2, 0) is 19.1 Å². The SMILES string of the molecule is CC(=O)N[C@@H](CS)C(=O)OCCOCC(C)C. The van der Waals surface area contributed by atoms with E-state index >= 15 is 0 Å². The van der Waals surface area contributed by atoms with Crippen molar-refractivity contribution in [2.75, 3.05) is 25.6 Å². The minimum atomic E-state index is -0.694. The van der Waals surface area contributed by atoms with E-state index < -0.39 is 12.0 Å². The van der Waals surface area contributed by atoms with Gasteiger partial charge in [0.25, 0.3) is 0 Å². The molecule has 0 bridgehead atoms. The number of hydrogen-bond donors (Lipinski definition) is 2. The summed E-state index contributed by atoms with van der Waals surface area (Å²) in [5.74, 6) is -0.0960. The monoisotopic (exact) mass is 263 g/mol. The van der Waals surface area contributed by atoms with Crippen LogP contribution in [0.25, 0.3) is 0 Å². The first kappa shape index (κ1) is 16.2. The lowest BCUT2D eigenvalue weighted by atomic mass is 10.2. The quantitative estimate of drug-likeness (QED) is 0.383. The van der Waals surface area contributed by atoms with E-state index in [-0.39, 0.29) is 18.3 Å². The normalized spacial score (nSPS) is 12.3. The molecule has 0 heterocycles. The number of carbonyl (C=O) groups excluding carboxylic acids is 2. The van der Waals surface area contributed by atoms with Gasteiger partial charge in [0, 0.05) is 19.3 Å². The van der Waals surface area contributed by atoms with Crippen molar-refractivity contribution in [1.29, 1.82) is 0 Å². The van der Waals surface area contributed by atoms with Crippen molar-refractivity contribution >= 4 is 24.5 Å². The van der Waals surface area contributed by atoms with Crippen LogP contribution in [0.5, 0.6) is 0 Å². The molecule has 1 N–H and O–H groups in total. The molecule has 0 aliphatic carbocycles. The first-order valence-electron chi connectivity index (χ1n) is 5.59. The number of nitrogens with one attached hydrogen (secondary N) is 1. The molecule has 0 aliphatic heterocycles. The first-order valence-corrected chi connectivity index (χ1v) is 6.23. The lowest BCUT2D eigenvalue weighted by Crippen LogP contribution is -2.42. The maximum atomic E-state index is 11.5. The average molecular weight is 263 g/mol. The van der Waals surface area contributed by atoms with E-state index in [4.69, 9.17) is 9.47 Å². The third-order valence-corrected chi connectivity index (χ3v) is 2.13. The zero-order chi connectivity index (χ0) is 13.3. The third-order valence-electron chi connectivity index (χ3n) is 1.77. The predicted octanol–water partition coefficient (Wildman–Crippen LogP) is 0.637. The summed E-state index contributed by atoms with van der Waals surface area (Å²) in [5, 5.41) is 2.46. The lowest BCUT2D eigenvalue weighted by Gasteiger charge is -2.14. The van der Waals surface area contributed by atoms with Gasteiger partial charge in [-0.15, -0.1) is 0 Å². The second-order valence-electron chi connectivity index (χ2n) is 4.07. The number of thiol groups is 1. The molecule has 100 valence electrons. The smallest absolute Gasteiger partial charge is 0.329 e. The molecule has 1 amide bonds.